The third kappa shape index (κ3) is 2.30. The number of rotatable bonds is 3. The lowest BCUT2D eigenvalue weighted by molar-refractivity contribution is 0.621. The highest BCUT2D eigenvalue weighted by Crippen LogP contribution is 2.34. The van der Waals surface area contributed by atoms with E-state index >= 15 is 0 Å². The summed E-state index contributed by atoms with van der Waals surface area (Å²) in [6.45, 7) is 4.39. The van der Waals surface area contributed by atoms with Gasteiger partial charge in [-0.1, -0.05) is 18.5 Å². The van der Waals surface area contributed by atoms with Crippen molar-refractivity contribution in [1.29, 1.82) is 0 Å². The lowest BCUT2D eigenvalue weighted by Crippen LogP contribution is -2.35. The Morgan fingerprint density at radius 3 is 3.00 bits per heavy atom. The number of nitrogens with one attached hydrogen (secondary N) is 1. The smallest absolute Gasteiger partial charge is 0.239 e. The van der Waals surface area contributed by atoms with Crippen molar-refractivity contribution in [2.45, 2.75) is 45.2 Å². The van der Waals surface area contributed by atoms with Crippen LogP contribution in [0.25, 0.3) is 0 Å². The summed E-state index contributed by atoms with van der Waals surface area (Å²) >= 11 is 6.19. The Morgan fingerprint density at radius 2 is 2.35 bits per heavy atom. The lowest BCUT2D eigenvalue weighted by atomic mass is 10.1. The van der Waals surface area contributed by atoms with Crippen molar-refractivity contribution in [2.24, 2.45) is 5.84 Å². The van der Waals surface area contributed by atoms with Gasteiger partial charge in [0.2, 0.25) is 5.95 Å². The average Bonchev–Trinajstić information content (AvgIpc) is 2.71. The molecule has 0 bridgehead atoms. The van der Waals surface area contributed by atoms with Gasteiger partial charge < -0.3 is 4.90 Å². The van der Waals surface area contributed by atoms with E-state index in [1.54, 1.807) is 6.20 Å². The van der Waals surface area contributed by atoms with Gasteiger partial charge in [0.25, 0.3) is 0 Å². The highest BCUT2D eigenvalue weighted by molar-refractivity contribution is 6.32. The molecule has 2 atom stereocenters. The number of aromatic nitrogens is 2. The minimum Gasteiger partial charge on any atom is -0.350 e. The molecule has 1 aliphatic heterocycles. The average molecular weight is 256 g/mol. The topological polar surface area (TPSA) is 67.1 Å². The van der Waals surface area contributed by atoms with Crippen LogP contribution >= 0.6 is 11.6 Å². The van der Waals surface area contributed by atoms with E-state index in [9.17, 15) is 0 Å². The number of nitrogens with two attached hydrogens (primary N) is 1. The van der Waals surface area contributed by atoms with E-state index in [4.69, 9.17) is 17.4 Å². The summed E-state index contributed by atoms with van der Waals surface area (Å²) in [7, 11) is 0. The first kappa shape index (κ1) is 12.4. The first-order chi connectivity index (χ1) is 8.17. The molecule has 0 amide bonds. The summed E-state index contributed by atoms with van der Waals surface area (Å²) in [6.07, 6.45) is 5.04. The molecule has 0 aliphatic carbocycles. The Kier molecular flexibility index (Phi) is 3.69. The van der Waals surface area contributed by atoms with Gasteiger partial charge in [-0.2, -0.15) is 4.98 Å². The molecule has 0 spiro atoms. The van der Waals surface area contributed by atoms with Gasteiger partial charge in [-0.3, -0.25) is 5.43 Å². The monoisotopic (exact) mass is 255 g/mol. The second kappa shape index (κ2) is 5.06. The van der Waals surface area contributed by atoms with E-state index in [-0.39, 0.29) is 0 Å². The molecule has 0 saturated carbocycles. The molecular formula is C11H18ClN5. The predicted molar refractivity (Wildman–Crippen MR) is 70.1 cm³/mol. The normalized spacial score (nSPS) is 24.1. The van der Waals surface area contributed by atoms with E-state index in [1.165, 1.54) is 12.8 Å². The molecule has 1 aromatic rings. The minimum absolute atomic E-state index is 0.401. The van der Waals surface area contributed by atoms with Crippen LogP contribution in [0.2, 0.25) is 5.02 Å². The highest BCUT2D eigenvalue weighted by atomic mass is 35.5. The molecule has 1 saturated heterocycles. The van der Waals surface area contributed by atoms with Crippen LogP contribution in [-0.2, 0) is 0 Å². The number of halogens is 1. The molecule has 17 heavy (non-hydrogen) atoms. The van der Waals surface area contributed by atoms with Crippen LogP contribution in [0.15, 0.2) is 6.20 Å². The third-order valence-electron chi connectivity index (χ3n) is 3.36. The summed E-state index contributed by atoms with van der Waals surface area (Å²) in [5.41, 5.74) is 2.46. The van der Waals surface area contributed by atoms with Crippen LogP contribution in [0.4, 0.5) is 11.8 Å². The minimum atomic E-state index is 0.401. The van der Waals surface area contributed by atoms with Crippen LogP contribution in [-0.4, -0.2) is 22.1 Å². The summed E-state index contributed by atoms with van der Waals surface area (Å²) in [4.78, 5) is 10.6. The first-order valence-corrected chi connectivity index (χ1v) is 6.32. The fourth-order valence-corrected chi connectivity index (χ4v) is 2.65. The molecule has 1 aliphatic rings. The fourth-order valence-electron chi connectivity index (χ4n) is 2.46. The molecule has 2 heterocycles. The van der Waals surface area contributed by atoms with Crippen molar-refractivity contribution >= 4 is 23.4 Å². The number of anilines is 2. The molecule has 5 nitrogen and oxygen atoms in total. The SMILES string of the molecule is CCC1CCC(C)N1c1nc(NN)ncc1Cl. The maximum atomic E-state index is 6.19. The molecule has 3 N–H and O–H groups in total. The van der Waals surface area contributed by atoms with Gasteiger partial charge in [0.1, 0.15) is 5.02 Å². The van der Waals surface area contributed by atoms with Crippen LogP contribution in [0.3, 0.4) is 0 Å². The Bertz CT molecular complexity index is 397. The van der Waals surface area contributed by atoms with Crippen molar-refractivity contribution in [1.82, 2.24) is 9.97 Å². The summed E-state index contributed by atoms with van der Waals surface area (Å²) in [5, 5.41) is 0.580. The lowest BCUT2D eigenvalue weighted by Gasteiger charge is -2.29. The first-order valence-electron chi connectivity index (χ1n) is 5.94. The van der Waals surface area contributed by atoms with Crippen LogP contribution in [0.1, 0.15) is 33.1 Å². The number of hydrogen-bond acceptors (Lipinski definition) is 5. The summed E-state index contributed by atoms with van der Waals surface area (Å²) < 4.78 is 0. The van der Waals surface area contributed by atoms with Crippen LogP contribution in [0, 0.1) is 0 Å². The largest absolute Gasteiger partial charge is 0.350 e. The highest BCUT2D eigenvalue weighted by Gasteiger charge is 2.31. The maximum absolute atomic E-state index is 6.19. The summed E-state index contributed by atoms with van der Waals surface area (Å²) in [5.74, 6) is 6.52. The maximum Gasteiger partial charge on any atom is 0.239 e. The number of hydrogen-bond donors (Lipinski definition) is 2. The Labute approximate surface area is 106 Å². The number of nitrogen functional groups attached to an aromatic ring is 1. The zero-order chi connectivity index (χ0) is 12.4. The standard InChI is InChI=1S/C11H18ClN5/c1-3-8-5-4-7(2)17(8)10-9(12)6-14-11(15-10)16-13/h6-8H,3-5,13H2,1-2H3,(H,14,15,16). The van der Waals surface area contributed by atoms with Crippen molar-refractivity contribution in [2.75, 3.05) is 10.3 Å². The van der Waals surface area contributed by atoms with Gasteiger partial charge in [-0.25, -0.2) is 10.8 Å². The second-order valence-corrected chi connectivity index (χ2v) is 4.81. The number of hydrazine groups is 1. The fraction of sp³-hybridized carbons (Fsp3) is 0.636. The molecule has 0 radical (unpaired) electrons. The van der Waals surface area contributed by atoms with Crippen LogP contribution in [0.5, 0.6) is 0 Å². The quantitative estimate of drug-likeness (QED) is 0.640. The van der Waals surface area contributed by atoms with E-state index in [0.717, 1.165) is 12.2 Å². The Hall–Kier alpha value is -1.07. The van der Waals surface area contributed by atoms with Crippen LogP contribution < -0.4 is 16.2 Å². The van der Waals surface area contributed by atoms with Crippen molar-refractivity contribution in [3.8, 4) is 0 Å². The van der Waals surface area contributed by atoms with Gasteiger partial charge in [0, 0.05) is 12.1 Å². The molecule has 94 valence electrons. The Balaban J connectivity index is 2.37. The zero-order valence-corrected chi connectivity index (χ0v) is 10.9. The second-order valence-electron chi connectivity index (χ2n) is 4.41. The predicted octanol–water partition coefficient (Wildman–Crippen LogP) is 2.18. The van der Waals surface area contributed by atoms with E-state index in [0.29, 0.717) is 23.1 Å². The molecule has 1 fully saturated rings. The third-order valence-corrected chi connectivity index (χ3v) is 3.62. The van der Waals surface area contributed by atoms with Crippen molar-refractivity contribution in [3.63, 3.8) is 0 Å². The van der Waals surface area contributed by atoms with E-state index in [2.05, 4.69) is 34.1 Å². The molecule has 1 aromatic heterocycles. The zero-order valence-electron chi connectivity index (χ0n) is 10.2. The van der Waals surface area contributed by atoms with Gasteiger partial charge in [-0.05, 0) is 26.2 Å². The number of nitrogens with zero attached hydrogens (tertiary/aromatic N) is 3. The van der Waals surface area contributed by atoms with E-state index in [1.807, 2.05) is 0 Å². The Morgan fingerprint density at radius 1 is 1.59 bits per heavy atom. The van der Waals surface area contributed by atoms with Gasteiger partial charge in [0.05, 0.1) is 6.20 Å². The molecule has 0 aromatic carbocycles. The molecule has 6 heteroatoms. The van der Waals surface area contributed by atoms with Gasteiger partial charge >= 0.3 is 0 Å². The van der Waals surface area contributed by atoms with Crippen molar-refractivity contribution < 1.29 is 0 Å². The molecule has 2 rings (SSSR count). The molecular weight excluding hydrogens is 238 g/mol. The molecule has 2 unspecified atom stereocenters. The van der Waals surface area contributed by atoms with Gasteiger partial charge in [0.15, 0.2) is 5.82 Å². The van der Waals surface area contributed by atoms with Crippen molar-refractivity contribution in [3.05, 3.63) is 11.2 Å². The van der Waals surface area contributed by atoms with E-state index < -0.39 is 0 Å². The van der Waals surface area contributed by atoms with Gasteiger partial charge in [-0.15, -0.1) is 0 Å². The summed E-state index contributed by atoms with van der Waals surface area (Å²) in [6, 6.07) is 0.959.